The lowest BCUT2D eigenvalue weighted by molar-refractivity contribution is 0.102. The molecule has 2 aromatic carbocycles. The fourth-order valence-corrected chi connectivity index (χ4v) is 3.32. The molecule has 134 valence electrons. The lowest BCUT2D eigenvalue weighted by atomic mass is 10.2. The molecule has 0 radical (unpaired) electrons. The van der Waals surface area contributed by atoms with Gasteiger partial charge in [0.15, 0.2) is 0 Å². The van der Waals surface area contributed by atoms with E-state index in [0.717, 1.165) is 22.5 Å². The minimum Gasteiger partial charge on any atom is -0.423 e. The van der Waals surface area contributed by atoms with Crippen LogP contribution in [0.25, 0.3) is 16.7 Å². The molecule has 1 amide bonds. The zero-order valence-corrected chi connectivity index (χ0v) is 15.0. The van der Waals surface area contributed by atoms with Gasteiger partial charge < -0.3 is 14.3 Å². The summed E-state index contributed by atoms with van der Waals surface area (Å²) in [5, 5.41) is 3.68. The number of benzene rings is 2. The highest BCUT2D eigenvalue weighted by Gasteiger charge is 2.17. The second kappa shape index (κ2) is 6.61. The van der Waals surface area contributed by atoms with E-state index in [1.807, 2.05) is 50.2 Å². The normalized spacial score (nSPS) is 10.9. The Morgan fingerprint density at radius 3 is 2.52 bits per heavy atom. The third-order valence-corrected chi connectivity index (χ3v) is 4.57. The van der Waals surface area contributed by atoms with Gasteiger partial charge in [0.2, 0.25) is 0 Å². The van der Waals surface area contributed by atoms with Crippen LogP contribution in [0.2, 0.25) is 0 Å². The van der Waals surface area contributed by atoms with E-state index in [2.05, 4.69) is 9.88 Å². The molecule has 5 heteroatoms. The van der Waals surface area contributed by atoms with Gasteiger partial charge in [0.05, 0.1) is 5.56 Å². The van der Waals surface area contributed by atoms with Crippen LogP contribution in [0, 0.1) is 13.8 Å². The van der Waals surface area contributed by atoms with E-state index >= 15 is 0 Å². The van der Waals surface area contributed by atoms with Crippen molar-refractivity contribution in [2.24, 2.45) is 0 Å². The maximum Gasteiger partial charge on any atom is 0.336 e. The highest BCUT2D eigenvalue weighted by molar-refractivity contribution is 6.06. The number of rotatable bonds is 3. The molecular weight excluding hydrogens is 340 g/mol. The van der Waals surface area contributed by atoms with Crippen molar-refractivity contribution in [2.75, 3.05) is 5.32 Å². The van der Waals surface area contributed by atoms with Gasteiger partial charge in [0.25, 0.3) is 5.91 Å². The zero-order chi connectivity index (χ0) is 19.0. The van der Waals surface area contributed by atoms with Crippen LogP contribution < -0.4 is 10.9 Å². The van der Waals surface area contributed by atoms with Gasteiger partial charge in [-0.15, -0.1) is 0 Å². The summed E-state index contributed by atoms with van der Waals surface area (Å²) in [6.45, 7) is 3.92. The second-order valence-electron chi connectivity index (χ2n) is 6.42. The van der Waals surface area contributed by atoms with Crippen molar-refractivity contribution in [3.63, 3.8) is 0 Å². The standard InChI is InChI=1S/C22H18N2O3/c1-14-12-19(15(2)24(14)18-6-4-3-5-7-18)22(26)23-17-9-10-20-16(13-17)8-11-21(25)27-20/h3-13H,1-2H3,(H,23,26). The Labute approximate surface area is 155 Å². The number of nitrogens with zero attached hydrogens (tertiary/aromatic N) is 1. The van der Waals surface area contributed by atoms with Crippen molar-refractivity contribution < 1.29 is 9.21 Å². The Kier molecular flexibility index (Phi) is 4.12. The van der Waals surface area contributed by atoms with Crippen LogP contribution >= 0.6 is 0 Å². The summed E-state index contributed by atoms with van der Waals surface area (Å²) in [5.41, 5.74) is 4.25. The van der Waals surface area contributed by atoms with Gasteiger partial charge >= 0.3 is 5.63 Å². The highest BCUT2D eigenvalue weighted by atomic mass is 16.4. The van der Waals surface area contributed by atoms with E-state index in [9.17, 15) is 9.59 Å². The van der Waals surface area contributed by atoms with E-state index in [-0.39, 0.29) is 5.91 Å². The number of nitrogens with one attached hydrogen (secondary N) is 1. The molecule has 2 heterocycles. The number of hydrogen-bond donors (Lipinski definition) is 1. The summed E-state index contributed by atoms with van der Waals surface area (Å²) in [5.74, 6) is -0.179. The maximum absolute atomic E-state index is 12.8. The van der Waals surface area contributed by atoms with Gasteiger partial charge in [-0.2, -0.15) is 0 Å². The average molecular weight is 358 g/mol. The van der Waals surface area contributed by atoms with Gasteiger partial charge in [-0.3, -0.25) is 4.79 Å². The van der Waals surface area contributed by atoms with Gasteiger partial charge in [0, 0.05) is 34.2 Å². The third kappa shape index (κ3) is 3.15. The molecule has 4 aromatic rings. The molecule has 0 aliphatic carbocycles. The number of hydrogen-bond acceptors (Lipinski definition) is 3. The molecule has 0 saturated carbocycles. The van der Waals surface area contributed by atoms with E-state index in [4.69, 9.17) is 4.42 Å². The number of fused-ring (bicyclic) bond motifs is 1. The molecule has 0 unspecified atom stereocenters. The Morgan fingerprint density at radius 2 is 1.74 bits per heavy atom. The molecule has 2 aromatic heterocycles. The first-order chi connectivity index (χ1) is 13.0. The van der Waals surface area contributed by atoms with Crippen LogP contribution in [-0.2, 0) is 0 Å². The van der Waals surface area contributed by atoms with Gasteiger partial charge in [-0.1, -0.05) is 18.2 Å². The Morgan fingerprint density at radius 1 is 0.963 bits per heavy atom. The predicted molar refractivity (Wildman–Crippen MR) is 106 cm³/mol. The molecule has 0 spiro atoms. The van der Waals surface area contributed by atoms with E-state index in [1.54, 1.807) is 24.3 Å². The molecular formula is C22H18N2O3. The summed E-state index contributed by atoms with van der Waals surface area (Å²) in [7, 11) is 0. The first kappa shape index (κ1) is 16.8. The van der Waals surface area contributed by atoms with Crippen molar-refractivity contribution in [3.05, 3.63) is 94.1 Å². The van der Waals surface area contributed by atoms with Crippen molar-refractivity contribution >= 4 is 22.6 Å². The lowest BCUT2D eigenvalue weighted by Gasteiger charge is -2.10. The smallest absolute Gasteiger partial charge is 0.336 e. The molecule has 0 aliphatic heterocycles. The van der Waals surface area contributed by atoms with Gasteiger partial charge in [-0.25, -0.2) is 4.79 Å². The quantitative estimate of drug-likeness (QED) is 0.550. The lowest BCUT2D eigenvalue weighted by Crippen LogP contribution is -2.13. The number of para-hydroxylation sites is 1. The average Bonchev–Trinajstić information content (AvgIpc) is 2.97. The number of aryl methyl sites for hydroxylation is 1. The minimum atomic E-state index is -0.396. The number of amides is 1. The zero-order valence-electron chi connectivity index (χ0n) is 15.0. The maximum atomic E-state index is 12.8. The molecule has 27 heavy (non-hydrogen) atoms. The SMILES string of the molecule is Cc1cc(C(=O)Nc2ccc3oc(=O)ccc3c2)c(C)n1-c1ccccc1. The fourth-order valence-electron chi connectivity index (χ4n) is 3.32. The minimum absolute atomic E-state index is 0.179. The topological polar surface area (TPSA) is 64.2 Å². The molecule has 0 fully saturated rings. The van der Waals surface area contributed by atoms with Crippen LogP contribution in [0.15, 0.2) is 75.9 Å². The van der Waals surface area contributed by atoms with Gasteiger partial charge in [0.1, 0.15) is 5.58 Å². The molecule has 0 atom stereocenters. The van der Waals surface area contributed by atoms with Crippen LogP contribution in [0.3, 0.4) is 0 Å². The summed E-state index contributed by atoms with van der Waals surface area (Å²) in [4.78, 5) is 24.1. The van der Waals surface area contributed by atoms with E-state index in [1.165, 1.54) is 6.07 Å². The third-order valence-electron chi connectivity index (χ3n) is 4.57. The highest BCUT2D eigenvalue weighted by Crippen LogP contribution is 2.23. The molecule has 5 nitrogen and oxygen atoms in total. The second-order valence-corrected chi connectivity index (χ2v) is 6.42. The first-order valence-electron chi connectivity index (χ1n) is 8.62. The number of anilines is 1. The number of carbonyl (C=O) groups excluding carboxylic acids is 1. The van der Waals surface area contributed by atoms with Crippen molar-refractivity contribution in [1.29, 1.82) is 0 Å². The molecule has 0 saturated heterocycles. The number of aromatic nitrogens is 1. The summed E-state index contributed by atoms with van der Waals surface area (Å²) >= 11 is 0. The molecule has 0 bridgehead atoms. The summed E-state index contributed by atoms with van der Waals surface area (Å²) in [6.07, 6.45) is 0. The van der Waals surface area contributed by atoms with E-state index in [0.29, 0.717) is 16.8 Å². The summed E-state index contributed by atoms with van der Waals surface area (Å²) < 4.78 is 7.18. The predicted octanol–water partition coefficient (Wildman–Crippen LogP) is 4.45. The first-order valence-corrected chi connectivity index (χ1v) is 8.62. The van der Waals surface area contributed by atoms with Crippen molar-refractivity contribution in [2.45, 2.75) is 13.8 Å². The molecule has 1 N–H and O–H groups in total. The Hall–Kier alpha value is -3.60. The van der Waals surface area contributed by atoms with Crippen LogP contribution in [0.1, 0.15) is 21.7 Å². The van der Waals surface area contributed by atoms with Crippen LogP contribution in [-0.4, -0.2) is 10.5 Å². The fraction of sp³-hybridized carbons (Fsp3) is 0.0909. The largest absolute Gasteiger partial charge is 0.423 e. The van der Waals surface area contributed by atoms with Crippen molar-refractivity contribution in [3.8, 4) is 5.69 Å². The van der Waals surface area contributed by atoms with Crippen LogP contribution in [0.4, 0.5) is 5.69 Å². The molecule has 0 aliphatic rings. The van der Waals surface area contributed by atoms with Crippen LogP contribution in [0.5, 0.6) is 0 Å². The Bertz CT molecular complexity index is 1200. The van der Waals surface area contributed by atoms with Crippen molar-refractivity contribution in [1.82, 2.24) is 4.57 Å². The van der Waals surface area contributed by atoms with Gasteiger partial charge in [-0.05, 0) is 56.3 Å². The van der Waals surface area contributed by atoms with E-state index < -0.39 is 5.63 Å². The Balaban J connectivity index is 1.66. The monoisotopic (exact) mass is 358 g/mol. The summed E-state index contributed by atoms with van der Waals surface area (Å²) in [6, 6.07) is 20.1. The number of carbonyl (C=O) groups is 1. The molecule has 4 rings (SSSR count).